The minimum absolute atomic E-state index is 0.0238. The summed E-state index contributed by atoms with van der Waals surface area (Å²) in [6.07, 6.45) is 1.21. The minimum atomic E-state index is -4.56. The Morgan fingerprint density at radius 2 is 1.85 bits per heavy atom. The highest BCUT2D eigenvalue weighted by molar-refractivity contribution is 5.98. The summed E-state index contributed by atoms with van der Waals surface area (Å²) in [5.41, 5.74) is 4.28. The summed E-state index contributed by atoms with van der Waals surface area (Å²) in [6.45, 7) is 7.13. The van der Waals surface area contributed by atoms with E-state index >= 15 is 0 Å². The zero-order valence-electron chi connectivity index (χ0n) is 22.8. The summed E-state index contributed by atoms with van der Waals surface area (Å²) in [5.74, 6) is -0.395. The van der Waals surface area contributed by atoms with Crippen molar-refractivity contribution in [3.63, 3.8) is 0 Å². The Hall–Kier alpha value is -3.99. The second-order valence-electron chi connectivity index (χ2n) is 10.3. The number of carbonyl (C=O) groups is 1. The molecule has 1 aliphatic rings. The SMILES string of the molecule is Cc1ccc(CC(=O)c2cc(NCCN3CCCC3)cc(C(F)(F)F)c2)cc1-n1cc(-c2cnn(C)c2C)nn1. The van der Waals surface area contributed by atoms with Crippen molar-refractivity contribution in [1.29, 1.82) is 0 Å². The summed E-state index contributed by atoms with van der Waals surface area (Å²) in [7, 11) is 1.85. The molecular formula is C29H32F3N7O. The number of anilines is 1. The normalized spacial score (nSPS) is 14.2. The lowest BCUT2D eigenvalue weighted by Gasteiger charge is -2.17. The quantitative estimate of drug-likeness (QED) is 0.287. The third kappa shape index (κ3) is 6.09. The van der Waals surface area contributed by atoms with Crippen LogP contribution in [0.15, 0.2) is 48.8 Å². The van der Waals surface area contributed by atoms with Crippen molar-refractivity contribution in [2.45, 2.75) is 39.3 Å². The molecule has 0 amide bonds. The van der Waals surface area contributed by atoms with Crippen LogP contribution in [0.2, 0.25) is 0 Å². The van der Waals surface area contributed by atoms with Crippen LogP contribution in [0.4, 0.5) is 18.9 Å². The maximum absolute atomic E-state index is 13.7. The van der Waals surface area contributed by atoms with Crippen molar-refractivity contribution in [3.05, 3.63) is 76.7 Å². The molecule has 11 heteroatoms. The average Bonchev–Trinajstić information content (AvgIpc) is 3.67. The van der Waals surface area contributed by atoms with Crippen LogP contribution in [0.1, 0.15) is 45.6 Å². The molecule has 2 aromatic heterocycles. The summed E-state index contributed by atoms with van der Waals surface area (Å²) >= 11 is 0. The molecule has 0 radical (unpaired) electrons. The minimum Gasteiger partial charge on any atom is -0.384 e. The van der Waals surface area contributed by atoms with E-state index in [-0.39, 0.29) is 12.0 Å². The van der Waals surface area contributed by atoms with Gasteiger partial charge in [0.15, 0.2) is 5.78 Å². The highest BCUT2D eigenvalue weighted by Gasteiger charge is 2.32. The van der Waals surface area contributed by atoms with E-state index in [0.717, 1.165) is 67.1 Å². The molecule has 1 saturated heterocycles. The number of hydrogen-bond donors (Lipinski definition) is 1. The number of Topliss-reactive ketones (excluding diaryl/α,β-unsaturated/α-hetero) is 1. The first-order valence-electron chi connectivity index (χ1n) is 13.3. The molecular weight excluding hydrogens is 519 g/mol. The van der Waals surface area contributed by atoms with Crippen molar-refractivity contribution in [1.82, 2.24) is 29.7 Å². The van der Waals surface area contributed by atoms with Crippen molar-refractivity contribution >= 4 is 11.5 Å². The van der Waals surface area contributed by atoms with Gasteiger partial charge in [-0.05, 0) is 75.2 Å². The van der Waals surface area contributed by atoms with Crippen LogP contribution in [0.5, 0.6) is 0 Å². The fourth-order valence-corrected chi connectivity index (χ4v) is 4.97. The molecule has 210 valence electrons. The Labute approximate surface area is 230 Å². The number of aryl methyl sites for hydroxylation is 2. The van der Waals surface area contributed by atoms with E-state index in [2.05, 4.69) is 25.6 Å². The highest BCUT2D eigenvalue weighted by atomic mass is 19.4. The van der Waals surface area contributed by atoms with Gasteiger partial charge in [0.05, 0.1) is 23.6 Å². The fourth-order valence-electron chi connectivity index (χ4n) is 4.97. The Morgan fingerprint density at radius 3 is 2.55 bits per heavy atom. The van der Waals surface area contributed by atoms with Crippen molar-refractivity contribution in [2.75, 3.05) is 31.5 Å². The zero-order chi connectivity index (χ0) is 28.4. The molecule has 3 heterocycles. The molecule has 1 N–H and O–H groups in total. The van der Waals surface area contributed by atoms with Crippen molar-refractivity contribution in [2.24, 2.45) is 7.05 Å². The molecule has 0 spiro atoms. The van der Waals surface area contributed by atoms with Crippen LogP contribution in [0, 0.1) is 13.8 Å². The standard InChI is InChI=1S/C29H32F3N7O/c1-19-6-7-21(12-27(19)39-18-26(35-36-39)25-17-34-37(3)20(25)2)13-28(40)22-14-23(29(30,31)32)16-24(15-22)33-8-11-38-9-4-5-10-38/h6-7,12,14-18,33H,4-5,8-11,13H2,1-3H3. The number of nitrogens with zero attached hydrogens (tertiary/aromatic N) is 6. The Kier molecular flexibility index (Phi) is 7.75. The molecule has 0 unspecified atom stereocenters. The molecule has 1 fully saturated rings. The van der Waals surface area contributed by atoms with Crippen LogP contribution in [-0.2, 0) is 19.6 Å². The van der Waals surface area contributed by atoms with Crippen LogP contribution in [0.25, 0.3) is 16.9 Å². The largest absolute Gasteiger partial charge is 0.416 e. The lowest BCUT2D eigenvalue weighted by Crippen LogP contribution is -2.26. The summed E-state index contributed by atoms with van der Waals surface area (Å²) < 4.78 is 44.4. The number of hydrogen-bond acceptors (Lipinski definition) is 6. The van der Waals surface area contributed by atoms with Crippen LogP contribution in [0.3, 0.4) is 0 Å². The fraction of sp³-hybridized carbons (Fsp3) is 0.379. The van der Waals surface area contributed by atoms with E-state index in [1.807, 2.05) is 39.1 Å². The molecule has 0 bridgehead atoms. The van der Waals surface area contributed by atoms with Crippen LogP contribution < -0.4 is 5.32 Å². The summed E-state index contributed by atoms with van der Waals surface area (Å²) in [5, 5.41) is 15.9. The first-order chi connectivity index (χ1) is 19.1. The number of carbonyl (C=O) groups excluding carboxylic acids is 1. The van der Waals surface area contributed by atoms with E-state index in [0.29, 0.717) is 23.5 Å². The predicted octanol–water partition coefficient (Wildman–Crippen LogP) is 5.24. The molecule has 4 aromatic rings. The Morgan fingerprint density at radius 1 is 1.07 bits per heavy atom. The van der Waals surface area contributed by atoms with Gasteiger partial charge in [0.1, 0.15) is 5.69 Å². The van der Waals surface area contributed by atoms with Gasteiger partial charge in [0.2, 0.25) is 0 Å². The van der Waals surface area contributed by atoms with Crippen molar-refractivity contribution < 1.29 is 18.0 Å². The monoisotopic (exact) mass is 551 g/mol. The summed E-state index contributed by atoms with van der Waals surface area (Å²) in [4.78, 5) is 15.5. The van der Waals surface area contributed by atoms with E-state index < -0.39 is 17.5 Å². The molecule has 0 atom stereocenters. The van der Waals surface area contributed by atoms with E-state index in [9.17, 15) is 18.0 Å². The molecule has 40 heavy (non-hydrogen) atoms. The zero-order valence-corrected chi connectivity index (χ0v) is 22.8. The van der Waals surface area contributed by atoms with Crippen LogP contribution >= 0.6 is 0 Å². The molecule has 2 aromatic carbocycles. The van der Waals surface area contributed by atoms with E-state index in [1.54, 1.807) is 21.8 Å². The number of aromatic nitrogens is 5. The Bertz CT molecular complexity index is 1520. The van der Waals surface area contributed by atoms with Gasteiger partial charge >= 0.3 is 6.18 Å². The van der Waals surface area contributed by atoms with Gasteiger partial charge in [0.25, 0.3) is 0 Å². The first kappa shape index (κ1) is 27.6. The van der Waals surface area contributed by atoms with Gasteiger partial charge in [-0.25, -0.2) is 4.68 Å². The molecule has 0 saturated carbocycles. The maximum atomic E-state index is 13.7. The van der Waals surface area contributed by atoms with E-state index in [1.165, 1.54) is 6.07 Å². The third-order valence-corrected chi connectivity index (χ3v) is 7.43. The number of benzene rings is 2. The predicted molar refractivity (Wildman–Crippen MR) is 147 cm³/mol. The second kappa shape index (κ2) is 11.2. The first-order valence-corrected chi connectivity index (χ1v) is 13.3. The molecule has 1 aliphatic heterocycles. The maximum Gasteiger partial charge on any atom is 0.416 e. The summed E-state index contributed by atoms with van der Waals surface area (Å²) in [6, 6.07) is 9.01. The third-order valence-electron chi connectivity index (χ3n) is 7.43. The van der Waals surface area contributed by atoms with Gasteiger partial charge in [-0.15, -0.1) is 5.10 Å². The average molecular weight is 552 g/mol. The van der Waals surface area contributed by atoms with Crippen molar-refractivity contribution in [3.8, 4) is 16.9 Å². The van der Waals surface area contributed by atoms with E-state index in [4.69, 9.17) is 0 Å². The topological polar surface area (TPSA) is 80.9 Å². The van der Waals surface area contributed by atoms with Gasteiger partial charge in [-0.1, -0.05) is 17.3 Å². The number of nitrogens with one attached hydrogen (secondary N) is 1. The van der Waals surface area contributed by atoms with Gasteiger partial charge in [-0.3, -0.25) is 9.48 Å². The van der Waals surface area contributed by atoms with Gasteiger partial charge in [-0.2, -0.15) is 18.3 Å². The number of ketones is 1. The second-order valence-corrected chi connectivity index (χ2v) is 10.3. The Balaban J connectivity index is 1.35. The molecule has 5 rings (SSSR count). The smallest absolute Gasteiger partial charge is 0.384 e. The number of alkyl halides is 3. The van der Waals surface area contributed by atoms with Gasteiger partial charge < -0.3 is 10.2 Å². The van der Waals surface area contributed by atoms with Crippen LogP contribution in [-0.4, -0.2) is 61.6 Å². The highest BCUT2D eigenvalue weighted by Crippen LogP contribution is 2.32. The lowest BCUT2D eigenvalue weighted by atomic mass is 9.99. The number of likely N-dealkylation sites (tertiary alicyclic amines) is 1. The molecule has 0 aliphatic carbocycles. The number of rotatable bonds is 9. The number of halogens is 3. The van der Waals surface area contributed by atoms with Gasteiger partial charge in [0, 0.05) is 49.1 Å². The molecule has 8 nitrogen and oxygen atoms in total. The lowest BCUT2D eigenvalue weighted by molar-refractivity contribution is -0.137.